The molecule has 4 aliphatic rings. The van der Waals surface area contributed by atoms with Gasteiger partial charge in [-0.2, -0.15) is 0 Å². The molecule has 1 aromatic rings. The van der Waals surface area contributed by atoms with E-state index < -0.39 is 16.7 Å². The molecule has 2 fully saturated rings. The fraction of sp³-hybridized carbons (Fsp3) is 0.559. The SMILES string of the molecule is CNS(=O)c1cccc(C2=CC(CC3(F)CCCCC3)CCC3=CC(C(C(C)=O)C(C)C)=CC4(C)CC4=C32)c1. The maximum Gasteiger partial charge on any atom is 0.137 e. The van der Waals surface area contributed by atoms with E-state index in [1.54, 1.807) is 14.0 Å². The summed E-state index contributed by atoms with van der Waals surface area (Å²) in [6.45, 7) is 8.27. The highest BCUT2D eigenvalue weighted by Gasteiger charge is 2.48. The molecule has 3 nitrogen and oxygen atoms in total. The molecular weight excluding hydrogens is 505 g/mol. The molecule has 5 heteroatoms. The highest BCUT2D eigenvalue weighted by Crippen LogP contribution is 2.61. The van der Waals surface area contributed by atoms with Crippen LogP contribution in [0, 0.1) is 23.2 Å². The normalized spacial score (nSPS) is 27.8. The van der Waals surface area contributed by atoms with Crippen molar-refractivity contribution in [1.29, 1.82) is 0 Å². The molecule has 0 spiro atoms. The van der Waals surface area contributed by atoms with Gasteiger partial charge >= 0.3 is 0 Å². The number of Topliss-reactive ketones (excluding diaryl/α,β-unsaturated/α-hetero) is 1. The molecule has 1 aromatic carbocycles. The molecule has 5 rings (SSSR count). The lowest BCUT2D eigenvalue weighted by Gasteiger charge is -2.32. The summed E-state index contributed by atoms with van der Waals surface area (Å²) >= 11 is 0. The third-order valence-electron chi connectivity index (χ3n) is 9.40. The number of carbonyl (C=O) groups excluding carboxylic acids is 1. The van der Waals surface area contributed by atoms with Gasteiger partial charge in [-0.15, -0.1) is 0 Å². The van der Waals surface area contributed by atoms with Gasteiger partial charge in [0.05, 0.1) is 4.90 Å². The fourth-order valence-corrected chi connectivity index (χ4v) is 8.09. The number of carbonyl (C=O) groups is 1. The van der Waals surface area contributed by atoms with Gasteiger partial charge in [0.25, 0.3) is 0 Å². The van der Waals surface area contributed by atoms with E-state index in [1.165, 1.54) is 16.7 Å². The Morgan fingerprint density at radius 3 is 2.62 bits per heavy atom. The predicted molar refractivity (Wildman–Crippen MR) is 159 cm³/mol. The van der Waals surface area contributed by atoms with Gasteiger partial charge in [0, 0.05) is 11.3 Å². The first-order chi connectivity index (χ1) is 18.5. The first kappa shape index (κ1) is 28.4. The van der Waals surface area contributed by atoms with Crippen LogP contribution in [0.4, 0.5) is 4.39 Å². The number of hydrogen-bond acceptors (Lipinski definition) is 2. The summed E-state index contributed by atoms with van der Waals surface area (Å²) in [5.74, 6) is 0.439. The van der Waals surface area contributed by atoms with Crippen LogP contribution in [0.5, 0.6) is 0 Å². The van der Waals surface area contributed by atoms with Crippen LogP contribution in [0.1, 0.15) is 91.0 Å². The number of rotatable bonds is 8. The highest BCUT2D eigenvalue weighted by molar-refractivity contribution is 7.83. The summed E-state index contributed by atoms with van der Waals surface area (Å²) in [7, 11) is 0.414. The Morgan fingerprint density at radius 1 is 1.21 bits per heavy atom. The summed E-state index contributed by atoms with van der Waals surface area (Å²) in [5, 5.41) is 0. The number of ketones is 1. The second kappa shape index (κ2) is 11.0. The Bertz CT molecular complexity index is 1300. The second-order valence-corrected chi connectivity index (χ2v) is 14.3. The molecule has 0 saturated heterocycles. The van der Waals surface area contributed by atoms with E-state index in [1.807, 2.05) is 18.2 Å². The third-order valence-corrected chi connectivity index (χ3v) is 10.5. The van der Waals surface area contributed by atoms with Crippen LogP contribution in [-0.4, -0.2) is 22.7 Å². The van der Waals surface area contributed by atoms with Crippen LogP contribution in [0.25, 0.3) is 5.57 Å². The van der Waals surface area contributed by atoms with Gasteiger partial charge in [-0.1, -0.05) is 76.0 Å². The molecule has 0 aliphatic heterocycles. The fourth-order valence-electron chi connectivity index (χ4n) is 7.41. The quantitative estimate of drug-likeness (QED) is 0.355. The Hall–Kier alpha value is -2.11. The molecule has 0 bridgehead atoms. The van der Waals surface area contributed by atoms with Crippen molar-refractivity contribution < 1.29 is 13.4 Å². The van der Waals surface area contributed by atoms with E-state index in [2.05, 4.69) is 49.8 Å². The lowest BCUT2D eigenvalue weighted by molar-refractivity contribution is -0.120. The molecule has 210 valence electrons. The van der Waals surface area contributed by atoms with Crippen molar-refractivity contribution in [2.75, 3.05) is 7.05 Å². The largest absolute Gasteiger partial charge is 0.299 e. The van der Waals surface area contributed by atoms with E-state index in [4.69, 9.17) is 0 Å². The zero-order valence-corrected chi connectivity index (χ0v) is 25.1. The maximum absolute atomic E-state index is 16.0. The van der Waals surface area contributed by atoms with Gasteiger partial charge in [-0.05, 0) is 104 Å². The Balaban J connectivity index is 1.63. The molecule has 0 radical (unpaired) electrons. The van der Waals surface area contributed by atoms with Gasteiger partial charge < -0.3 is 0 Å². The van der Waals surface area contributed by atoms with Crippen LogP contribution in [-0.2, 0) is 15.8 Å². The topological polar surface area (TPSA) is 46.2 Å². The van der Waals surface area contributed by atoms with Crippen LogP contribution in [0.15, 0.2) is 69.7 Å². The molecule has 0 amide bonds. The summed E-state index contributed by atoms with van der Waals surface area (Å²) in [4.78, 5) is 13.5. The molecule has 4 aliphatic carbocycles. The Kier molecular flexibility index (Phi) is 8.05. The van der Waals surface area contributed by atoms with Crippen molar-refractivity contribution in [2.24, 2.45) is 23.2 Å². The summed E-state index contributed by atoms with van der Waals surface area (Å²) < 4.78 is 31.5. The highest BCUT2D eigenvalue weighted by atomic mass is 32.2. The first-order valence-corrected chi connectivity index (χ1v) is 16.0. The number of allylic oxidation sites excluding steroid dienone is 8. The van der Waals surface area contributed by atoms with Gasteiger partial charge in [-0.25, -0.2) is 13.3 Å². The van der Waals surface area contributed by atoms with Crippen molar-refractivity contribution in [2.45, 2.75) is 96.0 Å². The van der Waals surface area contributed by atoms with Gasteiger partial charge in [-0.3, -0.25) is 4.79 Å². The van der Waals surface area contributed by atoms with Crippen molar-refractivity contribution in [1.82, 2.24) is 4.72 Å². The van der Waals surface area contributed by atoms with Crippen molar-refractivity contribution in [3.05, 3.63) is 70.3 Å². The number of halogens is 1. The zero-order chi connectivity index (χ0) is 27.9. The lowest BCUT2D eigenvalue weighted by atomic mass is 9.78. The van der Waals surface area contributed by atoms with Crippen molar-refractivity contribution >= 4 is 22.3 Å². The zero-order valence-electron chi connectivity index (χ0n) is 24.2. The standard InChI is InChI=1S/C34H44FNO2S/c1-22(2)31(23(3)37)27-17-26-13-12-24(19-34(35)14-7-6-8-15-34)16-29(32(26)30-21-33(30,4)20-27)25-10-9-11-28(18-25)39(38)36-5/h9-11,16-18,20,22,24,31,36H,6-8,12-15,19,21H2,1-5H3. The molecule has 4 atom stereocenters. The smallest absolute Gasteiger partial charge is 0.137 e. The van der Waals surface area contributed by atoms with E-state index in [-0.39, 0.29) is 29.0 Å². The van der Waals surface area contributed by atoms with Crippen molar-refractivity contribution in [3.8, 4) is 0 Å². The van der Waals surface area contributed by atoms with E-state index in [0.29, 0.717) is 19.3 Å². The average Bonchev–Trinajstić information content (AvgIpc) is 3.59. The van der Waals surface area contributed by atoms with Gasteiger partial charge in [0.15, 0.2) is 0 Å². The monoisotopic (exact) mass is 549 g/mol. The molecule has 39 heavy (non-hydrogen) atoms. The van der Waals surface area contributed by atoms with Crippen LogP contribution < -0.4 is 4.72 Å². The van der Waals surface area contributed by atoms with E-state index >= 15 is 4.39 Å². The van der Waals surface area contributed by atoms with Crippen LogP contribution in [0.2, 0.25) is 0 Å². The van der Waals surface area contributed by atoms with E-state index in [9.17, 15) is 9.00 Å². The minimum atomic E-state index is -1.29. The molecule has 0 heterocycles. The maximum atomic E-state index is 16.0. The lowest BCUT2D eigenvalue weighted by Crippen LogP contribution is -2.28. The number of hydrogen-bond donors (Lipinski definition) is 1. The molecular formula is C34H44FNO2S. The average molecular weight is 550 g/mol. The number of fused-ring (bicyclic) bond motifs is 2. The van der Waals surface area contributed by atoms with Crippen LogP contribution in [0.3, 0.4) is 0 Å². The Morgan fingerprint density at radius 2 is 1.95 bits per heavy atom. The van der Waals surface area contributed by atoms with Gasteiger partial charge in [0.1, 0.15) is 22.4 Å². The molecule has 0 aromatic heterocycles. The molecule has 1 N–H and O–H groups in total. The predicted octanol–water partition coefficient (Wildman–Crippen LogP) is 8.22. The number of nitrogens with one attached hydrogen (secondary N) is 1. The summed E-state index contributed by atoms with van der Waals surface area (Å²) in [5.41, 5.74) is 6.13. The number of benzene rings is 1. The Labute approximate surface area is 236 Å². The second-order valence-electron chi connectivity index (χ2n) is 12.9. The minimum Gasteiger partial charge on any atom is -0.299 e. The van der Waals surface area contributed by atoms with Crippen LogP contribution >= 0.6 is 0 Å². The first-order valence-electron chi connectivity index (χ1n) is 14.8. The minimum absolute atomic E-state index is 0.0689. The van der Waals surface area contributed by atoms with E-state index in [0.717, 1.165) is 60.1 Å². The summed E-state index contributed by atoms with van der Waals surface area (Å²) in [6.07, 6.45) is 14.7. The number of alkyl halides is 1. The summed E-state index contributed by atoms with van der Waals surface area (Å²) in [6, 6.07) is 8.01. The molecule has 2 saturated carbocycles. The van der Waals surface area contributed by atoms with Gasteiger partial charge in [0.2, 0.25) is 0 Å². The third kappa shape index (κ3) is 5.86. The van der Waals surface area contributed by atoms with Crippen molar-refractivity contribution in [3.63, 3.8) is 0 Å². The molecule has 4 unspecified atom stereocenters.